The third-order valence-electron chi connectivity index (χ3n) is 4.82. The van der Waals surface area contributed by atoms with Crippen molar-refractivity contribution in [3.8, 4) is 0 Å². The predicted octanol–water partition coefficient (Wildman–Crippen LogP) is 4.23. The molecule has 0 aliphatic carbocycles. The highest BCUT2D eigenvalue weighted by Gasteiger charge is 2.22. The Kier molecular flexibility index (Phi) is 7.58. The average molecular weight is 635 g/mol. The lowest BCUT2D eigenvalue weighted by molar-refractivity contribution is 0.480. The third kappa shape index (κ3) is 6.62. The number of halogens is 2. The van der Waals surface area contributed by atoms with Gasteiger partial charge in [0.25, 0.3) is 30.4 Å². The minimum Gasteiger partial charge on any atom is -0.323 e. The standard InChI is InChI=1S/C19H12Cl2N6O9S3/c20-17-23-18(21)25-19(24-17)22-13-7-10(37(28,29)30)5-9-6-16(39(34,35)36)14(8-11(9)13)27-26-12-3-1-2-4-15(12)38(31,32)33/h1-8H,(H,28,29,30)(H,31,32,33)(H,34,35,36)(H,22,23,24,25). The van der Waals surface area contributed by atoms with Gasteiger partial charge in [-0.05, 0) is 65.0 Å². The Balaban J connectivity index is 2.00. The van der Waals surface area contributed by atoms with Crippen molar-refractivity contribution in [2.24, 2.45) is 10.2 Å². The maximum atomic E-state index is 12.1. The maximum Gasteiger partial charge on any atom is 0.296 e. The van der Waals surface area contributed by atoms with Crippen molar-refractivity contribution in [1.82, 2.24) is 15.0 Å². The van der Waals surface area contributed by atoms with Gasteiger partial charge in [0.05, 0.1) is 10.6 Å². The van der Waals surface area contributed by atoms with Crippen LogP contribution in [-0.4, -0.2) is 53.9 Å². The van der Waals surface area contributed by atoms with Crippen molar-refractivity contribution in [3.63, 3.8) is 0 Å². The van der Waals surface area contributed by atoms with Crippen LogP contribution in [0, 0.1) is 0 Å². The van der Waals surface area contributed by atoms with Crippen LogP contribution >= 0.6 is 23.2 Å². The Bertz CT molecular complexity index is 1980. The van der Waals surface area contributed by atoms with E-state index in [0.29, 0.717) is 0 Å². The number of anilines is 2. The van der Waals surface area contributed by atoms with Gasteiger partial charge < -0.3 is 5.32 Å². The lowest BCUT2D eigenvalue weighted by Gasteiger charge is -2.13. The molecule has 4 N–H and O–H groups in total. The Labute approximate surface area is 229 Å². The second-order valence-corrected chi connectivity index (χ2v) is 12.3. The van der Waals surface area contributed by atoms with E-state index in [4.69, 9.17) is 23.2 Å². The van der Waals surface area contributed by atoms with Gasteiger partial charge in [-0.2, -0.15) is 40.2 Å². The summed E-state index contributed by atoms with van der Waals surface area (Å²) in [5.74, 6) is -0.266. The summed E-state index contributed by atoms with van der Waals surface area (Å²) >= 11 is 11.5. The normalized spacial score (nSPS) is 12.7. The second-order valence-electron chi connectivity index (χ2n) is 7.43. The molecule has 0 aliphatic rings. The van der Waals surface area contributed by atoms with E-state index in [0.717, 1.165) is 30.3 Å². The molecular formula is C19H12Cl2N6O9S3. The van der Waals surface area contributed by atoms with Crippen molar-refractivity contribution >= 4 is 87.3 Å². The highest BCUT2D eigenvalue weighted by atomic mass is 35.5. The van der Waals surface area contributed by atoms with Crippen molar-refractivity contribution < 1.29 is 38.9 Å². The lowest BCUT2D eigenvalue weighted by atomic mass is 10.1. The molecule has 0 radical (unpaired) electrons. The van der Waals surface area contributed by atoms with Gasteiger partial charge >= 0.3 is 0 Å². The van der Waals surface area contributed by atoms with Crippen molar-refractivity contribution in [3.05, 3.63) is 59.1 Å². The molecule has 204 valence electrons. The lowest BCUT2D eigenvalue weighted by Crippen LogP contribution is -2.04. The van der Waals surface area contributed by atoms with Crippen molar-refractivity contribution in [1.29, 1.82) is 0 Å². The van der Waals surface area contributed by atoms with Crippen LogP contribution in [0.5, 0.6) is 0 Å². The summed E-state index contributed by atoms with van der Waals surface area (Å²) in [4.78, 5) is 9.00. The number of fused-ring (bicyclic) bond motifs is 1. The SMILES string of the molecule is O=S(=O)(O)c1cc(Nc2nc(Cl)nc(Cl)n2)c2cc(N=Nc3ccccc3S(=O)(=O)O)c(S(=O)(=O)O)cc2c1. The molecule has 0 spiro atoms. The van der Waals surface area contributed by atoms with Crippen molar-refractivity contribution in [2.75, 3.05) is 5.32 Å². The zero-order chi connectivity index (χ0) is 28.8. The quantitative estimate of drug-likeness (QED) is 0.164. The summed E-state index contributed by atoms with van der Waals surface area (Å²) in [7, 11) is -14.6. The fourth-order valence-electron chi connectivity index (χ4n) is 3.26. The van der Waals surface area contributed by atoms with Crippen molar-refractivity contribution in [2.45, 2.75) is 14.7 Å². The summed E-state index contributed by atoms with van der Waals surface area (Å²) in [6.07, 6.45) is 0. The molecule has 3 aromatic carbocycles. The van der Waals surface area contributed by atoms with Gasteiger partial charge in [-0.15, -0.1) is 10.2 Å². The number of aromatic nitrogens is 3. The first kappa shape index (κ1) is 28.6. The number of hydrogen-bond acceptors (Lipinski definition) is 12. The summed E-state index contributed by atoms with van der Waals surface area (Å²) in [6, 6.07) is 8.61. The molecule has 4 aromatic rings. The van der Waals surface area contributed by atoms with Gasteiger partial charge in [0.2, 0.25) is 16.5 Å². The van der Waals surface area contributed by atoms with Crippen LogP contribution in [0.15, 0.2) is 73.4 Å². The van der Waals surface area contributed by atoms with Crippen LogP contribution in [0.25, 0.3) is 10.8 Å². The fourth-order valence-corrected chi connectivity index (χ4v) is 5.43. The van der Waals surface area contributed by atoms with Gasteiger partial charge in [-0.1, -0.05) is 12.1 Å². The Morgan fingerprint density at radius 1 is 0.692 bits per heavy atom. The monoisotopic (exact) mass is 634 g/mol. The Morgan fingerprint density at radius 2 is 1.28 bits per heavy atom. The van der Waals surface area contributed by atoms with Gasteiger partial charge in [0.1, 0.15) is 21.2 Å². The first-order valence-corrected chi connectivity index (χ1v) is 15.0. The maximum absolute atomic E-state index is 12.1. The van der Waals surface area contributed by atoms with Gasteiger partial charge in [0.15, 0.2) is 0 Å². The number of hydrogen-bond donors (Lipinski definition) is 4. The number of benzene rings is 3. The summed E-state index contributed by atoms with van der Waals surface area (Å²) < 4.78 is 100. The highest BCUT2D eigenvalue weighted by molar-refractivity contribution is 7.86. The Hall–Kier alpha value is -3.36. The zero-order valence-electron chi connectivity index (χ0n) is 18.6. The molecule has 39 heavy (non-hydrogen) atoms. The van der Waals surface area contributed by atoms with Crippen LogP contribution in [0.4, 0.5) is 23.0 Å². The molecule has 0 unspecified atom stereocenters. The molecule has 0 aliphatic heterocycles. The largest absolute Gasteiger partial charge is 0.323 e. The zero-order valence-corrected chi connectivity index (χ0v) is 22.6. The minimum absolute atomic E-state index is 0.0412. The van der Waals surface area contributed by atoms with E-state index in [1.807, 2.05) is 0 Å². The fraction of sp³-hybridized carbons (Fsp3) is 0. The number of nitrogens with zero attached hydrogens (tertiary/aromatic N) is 5. The molecule has 1 heterocycles. The van der Waals surface area contributed by atoms with E-state index in [1.54, 1.807) is 0 Å². The van der Waals surface area contributed by atoms with E-state index in [9.17, 15) is 38.9 Å². The Morgan fingerprint density at radius 3 is 1.87 bits per heavy atom. The highest BCUT2D eigenvalue weighted by Crippen LogP contribution is 2.37. The van der Waals surface area contributed by atoms with E-state index < -0.39 is 50.7 Å². The first-order valence-electron chi connectivity index (χ1n) is 9.91. The van der Waals surface area contributed by atoms with Gasteiger partial charge in [0, 0.05) is 5.39 Å². The van der Waals surface area contributed by atoms with Crippen LogP contribution in [0.3, 0.4) is 0 Å². The molecule has 0 saturated carbocycles. The van der Waals surface area contributed by atoms with E-state index in [1.165, 1.54) is 18.2 Å². The van der Waals surface area contributed by atoms with Crippen LogP contribution in [-0.2, 0) is 30.4 Å². The molecular weight excluding hydrogens is 623 g/mol. The van der Waals surface area contributed by atoms with Gasteiger partial charge in [-0.3, -0.25) is 13.7 Å². The summed E-state index contributed by atoms with van der Waals surface area (Å²) in [5, 5.41) is 9.33. The molecule has 0 atom stereocenters. The average Bonchev–Trinajstić information content (AvgIpc) is 2.80. The number of rotatable bonds is 7. The molecule has 0 amide bonds. The van der Waals surface area contributed by atoms with Crippen LogP contribution in [0.2, 0.25) is 10.6 Å². The topological polar surface area (TPSA) is 239 Å². The molecule has 0 saturated heterocycles. The van der Waals surface area contributed by atoms with Gasteiger partial charge in [-0.25, -0.2) is 0 Å². The summed E-state index contributed by atoms with van der Waals surface area (Å²) in [6.45, 7) is 0. The molecule has 1 aromatic heterocycles. The number of azo groups is 1. The smallest absolute Gasteiger partial charge is 0.296 e. The predicted molar refractivity (Wildman–Crippen MR) is 137 cm³/mol. The van der Waals surface area contributed by atoms with Crippen LogP contribution in [0.1, 0.15) is 0 Å². The summed E-state index contributed by atoms with van der Waals surface area (Å²) in [5.41, 5.74) is -1.02. The molecule has 15 nitrogen and oxygen atoms in total. The van der Waals surface area contributed by atoms with Crippen LogP contribution < -0.4 is 5.32 Å². The molecule has 4 rings (SSSR count). The van der Waals surface area contributed by atoms with E-state index >= 15 is 0 Å². The first-order chi connectivity index (χ1) is 18.0. The molecule has 0 bridgehead atoms. The second kappa shape index (κ2) is 10.3. The minimum atomic E-state index is -5.02. The third-order valence-corrected chi connectivity index (χ3v) is 7.77. The van der Waals surface area contributed by atoms with E-state index in [-0.39, 0.29) is 38.7 Å². The molecule has 20 heteroatoms. The van der Waals surface area contributed by atoms with E-state index in [2.05, 4.69) is 30.5 Å². The molecule has 0 fully saturated rings. The number of nitrogens with one attached hydrogen (secondary N) is 1.